The molecule has 0 bridgehead atoms. The minimum absolute atomic E-state index is 0.00700. The fourth-order valence-corrected chi connectivity index (χ4v) is 2.05. The van der Waals surface area contributed by atoms with Crippen molar-refractivity contribution in [2.45, 2.75) is 25.6 Å². The van der Waals surface area contributed by atoms with Crippen molar-refractivity contribution in [2.75, 3.05) is 25.0 Å². The van der Waals surface area contributed by atoms with Gasteiger partial charge in [-0.3, -0.25) is 4.79 Å². The number of amides is 1. The molecule has 0 radical (unpaired) electrons. The Kier molecular flexibility index (Phi) is 5.32. The van der Waals surface area contributed by atoms with E-state index in [2.05, 4.69) is 10.6 Å². The lowest BCUT2D eigenvalue weighted by atomic mass is 10.1. The highest BCUT2D eigenvalue weighted by Crippen LogP contribution is 2.10. The average Bonchev–Trinajstić information content (AvgIpc) is 2.47. The van der Waals surface area contributed by atoms with Gasteiger partial charge in [0.1, 0.15) is 6.61 Å². The van der Waals surface area contributed by atoms with Crippen LogP contribution < -0.4 is 10.6 Å². The third-order valence-corrected chi connectivity index (χ3v) is 3.16. The Morgan fingerprint density at radius 1 is 1.32 bits per heavy atom. The van der Waals surface area contributed by atoms with Crippen molar-refractivity contribution >= 4 is 11.6 Å². The molecule has 104 valence electrons. The molecule has 1 aromatic rings. The first-order valence-electron chi connectivity index (χ1n) is 6.60. The standard InChI is InChI=1S/C14H20N2O3/c17-9-11-1-3-12(4-2-11)16-14(18)10-19-13-5-7-15-8-6-13/h1-4,13,15,17H,5-10H2,(H,16,18). The molecule has 1 aliphatic heterocycles. The van der Waals surface area contributed by atoms with E-state index in [9.17, 15) is 4.79 Å². The number of piperidine rings is 1. The van der Waals surface area contributed by atoms with E-state index < -0.39 is 0 Å². The van der Waals surface area contributed by atoms with Crippen LogP contribution in [0, 0.1) is 0 Å². The molecule has 0 aromatic heterocycles. The molecule has 1 aromatic carbocycles. The van der Waals surface area contributed by atoms with Gasteiger partial charge >= 0.3 is 0 Å². The molecular weight excluding hydrogens is 244 g/mol. The Bertz CT molecular complexity index is 400. The quantitative estimate of drug-likeness (QED) is 0.738. The maximum absolute atomic E-state index is 11.7. The molecule has 1 fully saturated rings. The number of carbonyl (C=O) groups excluding carboxylic acids is 1. The van der Waals surface area contributed by atoms with Crippen LogP contribution in [0.25, 0.3) is 0 Å². The van der Waals surface area contributed by atoms with E-state index in [1.807, 2.05) is 0 Å². The Morgan fingerprint density at radius 3 is 2.63 bits per heavy atom. The SMILES string of the molecule is O=C(COC1CCNCC1)Nc1ccc(CO)cc1. The fourth-order valence-electron chi connectivity index (χ4n) is 2.05. The summed E-state index contributed by atoms with van der Waals surface area (Å²) in [5.41, 5.74) is 1.54. The lowest BCUT2D eigenvalue weighted by Gasteiger charge is -2.22. The Balaban J connectivity index is 1.73. The molecule has 19 heavy (non-hydrogen) atoms. The molecule has 5 heteroatoms. The number of aliphatic hydroxyl groups is 1. The van der Waals surface area contributed by atoms with Crippen LogP contribution in [-0.4, -0.2) is 36.8 Å². The average molecular weight is 264 g/mol. The van der Waals surface area contributed by atoms with Crippen molar-refractivity contribution in [3.05, 3.63) is 29.8 Å². The molecule has 0 unspecified atom stereocenters. The summed E-state index contributed by atoms with van der Waals surface area (Å²) in [4.78, 5) is 11.7. The number of carbonyl (C=O) groups is 1. The molecule has 1 heterocycles. The van der Waals surface area contributed by atoms with E-state index in [0.717, 1.165) is 37.2 Å². The monoisotopic (exact) mass is 264 g/mol. The predicted molar refractivity (Wildman–Crippen MR) is 72.8 cm³/mol. The second-order valence-electron chi connectivity index (χ2n) is 4.66. The molecule has 5 nitrogen and oxygen atoms in total. The van der Waals surface area contributed by atoms with E-state index in [1.165, 1.54) is 0 Å². The summed E-state index contributed by atoms with van der Waals surface area (Å²) in [6.45, 7) is 2.00. The van der Waals surface area contributed by atoms with Crippen LogP contribution in [0.4, 0.5) is 5.69 Å². The maximum Gasteiger partial charge on any atom is 0.250 e. The largest absolute Gasteiger partial charge is 0.392 e. The van der Waals surface area contributed by atoms with E-state index in [1.54, 1.807) is 24.3 Å². The lowest BCUT2D eigenvalue weighted by Crippen LogP contribution is -2.34. The smallest absolute Gasteiger partial charge is 0.250 e. The second kappa shape index (κ2) is 7.23. The number of anilines is 1. The van der Waals surface area contributed by atoms with Crippen LogP contribution in [0.3, 0.4) is 0 Å². The van der Waals surface area contributed by atoms with Crippen LogP contribution in [-0.2, 0) is 16.1 Å². The van der Waals surface area contributed by atoms with E-state index in [0.29, 0.717) is 0 Å². The summed E-state index contributed by atoms with van der Waals surface area (Å²) in [5, 5.41) is 14.9. The van der Waals surface area contributed by atoms with Crippen LogP contribution in [0.15, 0.2) is 24.3 Å². The Hall–Kier alpha value is -1.43. The molecule has 0 saturated carbocycles. The van der Waals surface area contributed by atoms with Gasteiger partial charge in [-0.15, -0.1) is 0 Å². The molecule has 2 rings (SSSR count). The third-order valence-electron chi connectivity index (χ3n) is 3.16. The van der Waals surface area contributed by atoms with Gasteiger partial charge in [0, 0.05) is 5.69 Å². The summed E-state index contributed by atoms with van der Waals surface area (Å²) in [6.07, 6.45) is 2.10. The van der Waals surface area contributed by atoms with Crippen molar-refractivity contribution < 1.29 is 14.6 Å². The summed E-state index contributed by atoms with van der Waals surface area (Å²) >= 11 is 0. The molecule has 0 spiro atoms. The summed E-state index contributed by atoms with van der Waals surface area (Å²) in [7, 11) is 0. The number of benzene rings is 1. The Morgan fingerprint density at radius 2 is 2.00 bits per heavy atom. The number of ether oxygens (including phenoxy) is 1. The predicted octanol–water partition coefficient (Wildman–Crippen LogP) is 0.886. The van der Waals surface area contributed by atoms with E-state index >= 15 is 0 Å². The van der Waals surface area contributed by atoms with E-state index in [4.69, 9.17) is 9.84 Å². The van der Waals surface area contributed by atoms with Gasteiger partial charge in [0.25, 0.3) is 0 Å². The molecular formula is C14H20N2O3. The first-order valence-corrected chi connectivity index (χ1v) is 6.60. The van der Waals surface area contributed by atoms with E-state index in [-0.39, 0.29) is 25.2 Å². The number of hydrogen-bond donors (Lipinski definition) is 3. The first-order chi connectivity index (χ1) is 9.28. The van der Waals surface area contributed by atoms with Gasteiger partial charge in [-0.1, -0.05) is 12.1 Å². The summed E-state index contributed by atoms with van der Waals surface area (Å²) < 4.78 is 5.57. The molecule has 1 amide bonds. The fraction of sp³-hybridized carbons (Fsp3) is 0.500. The zero-order chi connectivity index (χ0) is 13.5. The van der Waals surface area contributed by atoms with Crippen LogP contribution in [0.1, 0.15) is 18.4 Å². The second-order valence-corrected chi connectivity index (χ2v) is 4.66. The van der Waals surface area contributed by atoms with Crippen LogP contribution >= 0.6 is 0 Å². The van der Waals surface area contributed by atoms with Crippen molar-refractivity contribution in [3.8, 4) is 0 Å². The third kappa shape index (κ3) is 4.63. The number of nitrogens with one attached hydrogen (secondary N) is 2. The minimum Gasteiger partial charge on any atom is -0.392 e. The molecule has 3 N–H and O–H groups in total. The number of aliphatic hydroxyl groups excluding tert-OH is 1. The zero-order valence-electron chi connectivity index (χ0n) is 10.9. The van der Waals surface area contributed by atoms with Crippen molar-refractivity contribution in [1.29, 1.82) is 0 Å². The minimum atomic E-state index is -0.143. The molecule has 0 atom stereocenters. The van der Waals surface area contributed by atoms with Gasteiger partial charge in [0.2, 0.25) is 5.91 Å². The molecule has 1 aliphatic rings. The Labute approximate surface area is 113 Å². The summed E-state index contributed by atoms with van der Waals surface area (Å²) in [5.74, 6) is -0.143. The summed E-state index contributed by atoms with van der Waals surface area (Å²) in [6, 6.07) is 7.11. The van der Waals surface area contributed by atoms with Crippen molar-refractivity contribution in [2.24, 2.45) is 0 Å². The number of rotatable bonds is 5. The van der Waals surface area contributed by atoms with Crippen LogP contribution in [0.2, 0.25) is 0 Å². The normalized spacial score (nSPS) is 16.3. The first kappa shape index (κ1) is 14.0. The number of hydrogen-bond acceptors (Lipinski definition) is 4. The van der Waals surface area contributed by atoms with Gasteiger partial charge < -0.3 is 20.5 Å². The zero-order valence-corrected chi connectivity index (χ0v) is 10.9. The lowest BCUT2D eigenvalue weighted by molar-refractivity contribution is -0.123. The van der Waals surface area contributed by atoms with Gasteiger partial charge in [-0.25, -0.2) is 0 Å². The van der Waals surface area contributed by atoms with Crippen molar-refractivity contribution in [3.63, 3.8) is 0 Å². The highest BCUT2D eigenvalue weighted by Gasteiger charge is 2.14. The van der Waals surface area contributed by atoms with Crippen molar-refractivity contribution in [1.82, 2.24) is 5.32 Å². The van der Waals surface area contributed by atoms with Gasteiger partial charge in [-0.05, 0) is 43.6 Å². The molecule has 0 aliphatic carbocycles. The highest BCUT2D eigenvalue weighted by molar-refractivity contribution is 5.91. The van der Waals surface area contributed by atoms with Gasteiger partial charge in [0.15, 0.2) is 0 Å². The highest BCUT2D eigenvalue weighted by atomic mass is 16.5. The van der Waals surface area contributed by atoms with Gasteiger partial charge in [-0.2, -0.15) is 0 Å². The molecule has 1 saturated heterocycles. The van der Waals surface area contributed by atoms with Gasteiger partial charge in [0.05, 0.1) is 12.7 Å². The maximum atomic E-state index is 11.7. The van der Waals surface area contributed by atoms with Crippen LogP contribution in [0.5, 0.6) is 0 Å². The topological polar surface area (TPSA) is 70.6 Å².